The summed E-state index contributed by atoms with van der Waals surface area (Å²) >= 11 is 0. The SMILES string of the molecule is CCCC1(C(=O)N(C)CCC(C)O)CCNC1. The highest BCUT2D eigenvalue weighted by Crippen LogP contribution is 2.33. The standard InChI is InChI=1S/C13H26N2O2/c1-4-6-13(7-8-14-10-13)12(17)15(3)9-5-11(2)16/h11,14,16H,4-10H2,1-3H3. The summed E-state index contributed by atoms with van der Waals surface area (Å²) < 4.78 is 0. The van der Waals surface area contributed by atoms with E-state index in [0.717, 1.165) is 32.4 Å². The maximum atomic E-state index is 12.5. The molecule has 1 aliphatic rings. The van der Waals surface area contributed by atoms with Crippen LogP contribution in [0.1, 0.15) is 39.5 Å². The topological polar surface area (TPSA) is 52.6 Å². The first-order valence-electron chi connectivity index (χ1n) is 6.66. The third-order valence-corrected chi connectivity index (χ3v) is 3.65. The average molecular weight is 242 g/mol. The lowest BCUT2D eigenvalue weighted by Gasteiger charge is -2.32. The first-order valence-corrected chi connectivity index (χ1v) is 6.66. The summed E-state index contributed by atoms with van der Waals surface area (Å²) in [6.07, 6.45) is 3.25. The Morgan fingerprint density at radius 1 is 1.59 bits per heavy atom. The summed E-state index contributed by atoms with van der Waals surface area (Å²) in [5.41, 5.74) is -0.192. The fraction of sp³-hybridized carbons (Fsp3) is 0.923. The average Bonchev–Trinajstić information content (AvgIpc) is 2.75. The van der Waals surface area contributed by atoms with Gasteiger partial charge in [0.25, 0.3) is 0 Å². The van der Waals surface area contributed by atoms with Crippen LogP contribution < -0.4 is 5.32 Å². The van der Waals surface area contributed by atoms with Crippen molar-refractivity contribution in [1.29, 1.82) is 0 Å². The number of aliphatic hydroxyl groups excluding tert-OH is 1. The normalized spacial score (nSPS) is 25.9. The van der Waals surface area contributed by atoms with Crippen LogP contribution in [0.25, 0.3) is 0 Å². The Bertz CT molecular complexity index is 248. The Morgan fingerprint density at radius 3 is 2.76 bits per heavy atom. The molecule has 0 radical (unpaired) electrons. The molecule has 1 saturated heterocycles. The van der Waals surface area contributed by atoms with E-state index in [1.165, 1.54) is 0 Å². The van der Waals surface area contributed by atoms with Crippen molar-refractivity contribution in [1.82, 2.24) is 10.2 Å². The summed E-state index contributed by atoms with van der Waals surface area (Å²) in [6, 6.07) is 0. The minimum atomic E-state index is -0.339. The Balaban J connectivity index is 2.58. The number of nitrogens with one attached hydrogen (secondary N) is 1. The van der Waals surface area contributed by atoms with Crippen LogP contribution >= 0.6 is 0 Å². The smallest absolute Gasteiger partial charge is 0.229 e. The van der Waals surface area contributed by atoms with Crippen LogP contribution in [0.4, 0.5) is 0 Å². The van der Waals surface area contributed by atoms with Gasteiger partial charge in [-0.2, -0.15) is 0 Å². The molecule has 2 unspecified atom stereocenters. The fourth-order valence-corrected chi connectivity index (χ4v) is 2.61. The van der Waals surface area contributed by atoms with Crippen molar-refractivity contribution in [3.8, 4) is 0 Å². The van der Waals surface area contributed by atoms with Gasteiger partial charge >= 0.3 is 0 Å². The molecule has 0 aromatic carbocycles. The molecule has 0 aromatic rings. The van der Waals surface area contributed by atoms with E-state index in [2.05, 4.69) is 12.2 Å². The molecule has 2 atom stereocenters. The Labute approximate surface area is 104 Å². The summed E-state index contributed by atoms with van der Waals surface area (Å²) in [5, 5.41) is 12.6. The first kappa shape index (κ1) is 14.5. The molecular weight excluding hydrogens is 216 g/mol. The lowest BCUT2D eigenvalue weighted by Crippen LogP contribution is -2.44. The molecule has 4 nitrogen and oxygen atoms in total. The first-order chi connectivity index (χ1) is 8.02. The number of hydrogen-bond acceptors (Lipinski definition) is 3. The van der Waals surface area contributed by atoms with E-state index in [-0.39, 0.29) is 17.4 Å². The van der Waals surface area contributed by atoms with Crippen molar-refractivity contribution in [2.24, 2.45) is 5.41 Å². The molecule has 0 saturated carbocycles. The Morgan fingerprint density at radius 2 is 2.29 bits per heavy atom. The van der Waals surface area contributed by atoms with E-state index in [1.54, 1.807) is 11.8 Å². The lowest BCUT2D eigenvalue weighted by atomic mass is 9.81. The molecule has 0 bridgehead atoms. The van der Waals surface area contributed by atoms with Crippen molar-refractivity contribution >= 4 is 5.91 Å². The Hall–Kier alpha value is -0.610. The van der Waals surface area contributed by atoms with Gasteiger partial charge in [0.05, 0.1) is 11.5 Å². The van der Waals surface area contributed by atoms with Crippen molar-refractivity contribution < 1.29 is 9.90 Å². The van der Waals surface area contributed by atoms with E-state index in [4.69, 9.17) is 0 Å². The summed E-state index contributed by atoms with van der Waals surface area (Å²) in [4.78, 5) is 14.3. The summed E-state index contributed by atoms with van der Waals surface area (Å²) in [6.45, 7) is 6.27. The van der Waals surface area contributed by atoms with Gasteiger partial charge in [0, 0.05) is 20.1 Å². The van der Waals surface area contributed by atoms with Gasteiger partial charge in [-0.15, -0.1) is 0 Å². The van der Waals surface area contributed by atoms with Crippen molar-refractivity contribution in [2.75, 3.05) is 26.7 Å². The molecule has 1 amide bonds. The molecule has 17 heavy (non-hydrogen) atoms. The van der Waals surface area contributed by atoms with E-state index in [0.29, 0.717) is 13.0 Å². The molecule has 1 rings (SSSR count). The summed E-state index contributed by atoms with van der Waals surface area (Å²) in [5.74, 6) is 0.241. The predicted octanol–water partition coefficient (Wildman–Crippen LogP) is 0.995. The fourth-order valence-electron chi connectivity index (χ4n) is 2.61. The third-order valence-electron chi connectivity index (χ3n) is 3.65. The Kier molecular flexibility index (Phi) is 5.40. The van der Waals surface area contributed by atoms with Crippen LogP contribution in [-0.2, 0) is 4.79 Å². The number of carbonyl (C=O) groups is 1. The van der Waals surface area contributed by atoms with Crippen LogP contribution in [0.2, 0.25) is 0 Å². The molecular formula is C13H26N2O2. The second kappa shape index (κ2) is 6.36. The van der Waals surface area contributed by atoms with E-state index < -0.39 is 0 Å². The highest BCUT2D eigenvalue weighted by molar-refractivity contribution is 5.83. The maximum Gasteiger partial charge on any atom is 0.229 e. The predicted molar refractivity (Wildman–Crippen MR) is 68.8 cm³/mol. The zero-order valence-corrected chi connectivity index (χ0v) is 11.3. The molecule has 2 N–H and O–H groups in total. The van der Waals surface area contributed by atoms with Crippen LogP contribution in [0.3, 0.4) is 0 Å². The number of carbonyl (C=O) groups excluding carboxylic acids is 1. The van der Waals surface area contributed by atoms with Gasteiger partial charge in [0.15, 0.2) is 0 Å². The van der Waals surface area contributed by atoms with Gasteiger partial charge in [-0.3, -0.25) is 4.79 Å². The number of nitrogens with zero attached hydrogens (tertiary/aromatic N) is 1. The van der Waals surface area contributed by atoms with Gasteiger partial charge in [-0.1, -0.05) is 13.3 Å². The van der Waals surface area contributed by atoms with Crippen molar-refractivity contribution in [3.05, 3.63) is 0 Å². The van der Waals surface area contributed by atoms with Crippen LogP contribution in [0, 0.1) is 5.41 Å². The van der Waals surface area contributed by atoms with Crippen LogP contribution in [-0.4, -0.2) is 48.7 Å². The third kappa shape index (κ3) is 3.68. The van der Waals surface area contributed by atoms with Gasteiger partial charge < -0.3 is 15.3 Å². The molecule has 1 fully saturated rings. The van der Waals surface area contributed by atoms with Gasteiger partial charge in [-0.05, 0) is 32.7 Å². The number of rotatable bonds is 6. The zero-order valence-electron chi connectivity index (χ0n) is 11.3. The van der Waals surface area contributed by atoms with Crippen LogP contribution in [0.5, 0.6) is 0 Å². The van der Waals surface area contributed by atoms with Gasteiger partial charge in [0.2, 0.25) is 5.91 Å². The van der Waals surface area contributed by atoms with E-state index in [1.807, 2.05) is 7.05 Å². The van der Waals surface area contributed by atoms with Crippen LogP contribution in [0.15, 0.2) is 0 Å². The minimum absolute atomic E-state index is 0.192. The quantitative estimate of drug-likeness (QED) is 0.730. The minimum Gasteiger partial charge on any atom is -0.393 e. The van der Waals surface area contributed by atoms with E-state index in [9.17, 15) is 9.90 Å². The number of amides is 1. The number of hydrogen-bond donors (Lipinski definition) is 2. The molecule has 1 aliphatic heterocycles. The second-order valence-corrected chi connectivity index (χ2v) is 5.32. The molecule has 0 aromatic heterocycles. The molecule has 100 valence electrons. The van der Waals surface area contributed by atoms with E-state index >= 15 is 0 Å². The monoisotopic (exact) mass is 242 g/mol. The number of aliphatic hydroxyl groups is 1. The van der Waals surface area contributed by atoms with Gasteiger partial charge in [-0.25, -0.2) is 0 Å². The molecule has 0 spiro atoms. The molecule has 0 aliphatic carbocycles. The van der Waals surface area contributed by atoms with Gasteiger partial charge in [0.1, 0.15) is 0 Å². The summed E-state index contributed by atoms with van der Waals surface area (Å²) in [7, 11) is 1.85. The molecule has 1 heterocycles. The highest BCUT2D eigenvalue weighted by atomic mass is 16.3. The highest BCUT2D eigenvalue weighted by Gasteiger charge is 2.41. The van der Waals surface area contributed by atoms with Crippen molar-refractivity contribution in [3.63, 3.8) is 0 Å². The lowest BCUT2D eigenvalue weighted by molar-refractivity contribution is -0.140. The largest absolute Gasteiger partial charge is 0.393 e. The maximum absolute atomic E-state index is 12.5. The second-order valence-electron chi connectivity index (χ2n) is 5.32. The zero-order chi connectivity index (χ0) is 12.9. The van der Waals surface area contributed by atoms with Crippen molar-refractivity contribution in [2.45, 2.75) is 45.6 Å². The molecule has 4 heteroatoms.